The summed E-state index contributed by atoms with van der Waals surface area (Å²) in [5, 5.41) is 4.48. The SMILES string of the molecule is CCn1nc(C)cc1CC(NN)C(C)C1CC1. The van der Waals surface area contributed by atoms with Crippen LogP contribution in [0.5, 0.6) is 0 Å². The second-order valence-electron chi connectivity index (χ2n) is 5.27. The number of aryl methyl sites for hydroxylation is 2. The van der Waals surface area contributed by atoms with E-state index in [1.807, 2.05) is 6.92 Å². The third kappa shape index (κ3) is 2.87. The third-order valence-corrected chi connectivity index (χ3v) is 3.93. The van der Waals surface area contributed by atoms with Gasteiger partial charge in [-0.1, -0.05) is 6.92 Å². The highest BCUT2D eigenvalue weighted by atomic mass is 15.3. The first-order chi connectivity index (χ1) is 8.15. The second-order valence-corrected chi connectivity index (χ2v) is 5.27. The predicted octanol–water partition coefficient (Wildman–Crippen LogP) is 1.63. The normalized spacial score (nSPS) is 19.3. The Bertz CT molecular complexity index is 367. The van der Waals surface area contributed by atoms with Crippen LogP contribution in [0.4, 0.5) is 0 Å². The number of hydrogen-bond donors (Lipinski definition) is 2. The zero-order chi connectivity index (χ0) is 12.4. The largest absolute Gasteiger partial charge is 0.271 e. The van der Waals surface area contributed by atoms with Gasteiger partial charge >= 0.3 is 0 Å². The number of hydrogen-bond acceptors (Lipinski definition) is 3. The van der Waals surface area contributed by atoms with Gasteiger partial charge in [0.25, 0.3) is 0 Å². The van der Waals surface area contributed by atoms with E-state index in [4.69, 9.17) is 5.84 Å². The molecule has 0 radical (unpaired) electrons. The van der Waals surface area contributed by atoms with Gasteiger partial charge in [-0.05, 0) is 44.6 Å². The maximum atomic E-state index is 5.71. The fraction of sp³-hybridized carbons (Fsp3) is 0.769. The zero-order valence-corrected chi connectivity index (χ0v) is 11.1. The smallest absolute Gasteiger partial charge is 0.0596 e. The topological polar surface area (TPSA) is 55.9 Å². The highest BCUT2D eigenvalue weighted by Crippen LogP contribution is 2.38. The minimum atomic E-state index is 0.365. The van der Waals surface area contributed by atoms with Gasteiger partial charge in [-0.15, -0.1) is 0 Å². The van der Waals surface area contributed by atoms with Crippen LogP contribution in [0.3, 0.4) is 0 Å². The zero-order valence-electron chi connectivity index (χ0n) is 11.1. The molecule has 1 fully saturated rings. The molecule has 4 nitrogen and oxygen atoms in total. The van der Waals surface area contributed by atoms with Crippen LogP contribution in [0.2, 0.25) is 0 Å². The molecule has 17 heavy (non-hydrogen) atoms. The van der Waals surface area contributed by atoms with E-state index in [1.165, 1.54) is 18.5 Å². The second kappa shape index (κ2) is 5.19. The monoisotopic (exact) mass is 236 g/mol. The Kier molecular flexibility index (Phi) is 3.84. The van der Waals surface area contributed by atoms with Crippen molar-refractivity contribution in [2.24, 2.45) is 17.7 Å². The van der Waals surface area contributed by atoms with Gasteiger partial charge in [0, 0.05) is 24.7 Å². The number of nitrogens with two attached hydrogens (primary N) is 1. The van der Waals surface area contributed by atoms with Crippen LogP contribution in [0.1, 0.15) is 38.1 Å². The fourth-order valence-corrected chi connectivity index (χ4v) is 2.61. The molecule has 1 saturated carbocycles. The minimum Gasteiger partial charge on any atom is -0.271 e. The Balaban J connectivity index is 2.05. The van der Waals surface area contributed by atoms with Crippen LogP contribution in [0.25, 0.3) is 0 Å². The van der Waals surface area contributed by atoms with Crippen molar-refractivity contribution >= 4 is 0 Å². The molecule has 0 aromatic carbocycles. The van der Waals surface area contributed by atoms with Crippen LogP contribution >= 0.6 is 0 Å². The Morgan fingerprint density at radius 3 is 2.82 bits per heavy atom. The van der Waals surface area contributed by atoms with Crippen molar-refractivity contribution in [3.05, 3.63) is 17.5 Å². The summed E-state index contributed by atoms with van der Waals surface area (Å²) in [6.45, 7) is 7.41. The van der Waals surface area contributed by atoms with Gasteiger partial charge in [-0.2, -0.15) is 5.10 Å². The molecule has 2 rings (SSSR count). The summed E-state index contributed by atoms with van der Waals surface area (Å²) in [7, 11) is 0. The molecular weight excluding hydrogens is 212 g/mol. The van der Waals surface area contributed by atoms with Gasteiger partial charge in [0.2, 0.25) is 0 Å². The molecule has 0 amide bonds. The van der Waals surface area contributed by atoms with E-state index in [0.29, 0.717) is 12.0 Å². The molecule has 1 heterocycles. The van der Waals surface area contributed by atoms with Crippen LogP contribution in [0, 0.1) is 18.8 Å². The lowest BCUT2D eigenvalue weighted by Crippen LogP contribution is -2.42. The maximum Gasteiger partial charge on any atom is 0.0596 e. The Hall–Kier alpha value is -0.870. The van der Waals surface area contributed by atoms with Gasteiger partial charge in [-0.3, -0.25) is 16.0 Å². The maximum absolute atomic E-state index is 5.71. The van der Waals surface area contributed by atoms with E-state index in [1.54, 1.807) is 0 Å². The first-order valence-electron chi connectivity index (χ1n) is 6.65. The van der Waals surface area contributed by atoms with E-state index in [0.717, 1.165) is 24.6 Å². The van der Waals surface area contributed by atoms with E-state index >= 15 is 0 Å². The average Bonchev–Trinajstić information content (AvgIpc) is 3.10. The van der Waals surface area contributed by atoms with Crippen molar-refractivity contribution in [2.45, 2.75) is 52.6 Å². The van der Waals surface area contributed by atoms with Gasteiger partial charge in [0.05, 0.1) is 5.69 Å². The lowest BCUT2D eigenvalue weighted by Gasteiger charge is -2.23. The molecule has 0 saturated heterocycles. The van der Waals surface area contributed by atoms with Crippen molar-refractivity contribution in [3.63, 3.8) is 0 Å². The first kappa shape index (κ1) is 12.6. The highest BCUT2D eigenvalue weighted by molar-refractivity contribution is 5.11. The first-order valence-corrected chi connectivity index (χ1v) is 6.65. The molecule has 1 aliphatic carbocycles. The van der Waals surface area contributed by atoms with Crippen LogP contribution < -0.4 is 11.3 Å². The molecule has 1 aromatic heterocycles. The van der Waals surface area contributed by atoms with Gasteiger partial charge in [0.15, 0.2) is 0 Å². The van der Waals surface area contributed by atoms with Gasteiger partial charge < -0.3 is 0 Å². The molecule has 1 aliphatic rings. The summed E-state index contributed by atoms with van der Waals surface area (Å²) >= 11 is 0. The number of rotatable bonds is 6. The van der Waals surface area contributed by atoms with E-state index < -0.39 is 0 Å². The summed E-state index contributed by atoms with van der Waals surface area (Å²) in [4.78, 5) is 0. The van der Waals surface area contributed by atoms with Gasteiger partial charge in [0.1, 0.15) is 0 Å². The summed E-state index contributed by atoms with van der Waals surface area (Å²) < 4.78 is 2.08. The summed E-state index contributed by atoms with van der Waals surface area (Å²) in [5.41, 5.74) is 5.38. The Labute approximate surface area is 104 Å². The molecule has 0 spiro atoms. The minimum absolute atomic E-state index is 0.365. The number of aromatic nitrogens is 2. The average molecular weight is 236 g/mol. The highest BCUT2D eigenvalue weighted by Gasteiger charge is 2.33. The van der Waals surface area contributed by atoms with E-state index in [-0.39, 0.29) is 0 Å². The van der Waals surface area contributed by atoms with Crippen LogP contribution in [-0.4, -0.2) is 15.8 Å². The van der Waals surface area contributed by atoms with Crippen LogP contribution in [-0.2, 0) is 13.0 Å². The molecule has 0 bridgehead atoms. The summed E-state index contributed by atoms with van der Waals surface area (Å²) in [6, 6.07) is 2.54. The van der Waals surface area contributed by atoms with Crippen molar-refractivity contribution in [2.75, 3.05) is 0 Å². The van der Waals surface area contributed by atoms with E-state index in [2.05, 4.69) is 35.1 Å². The fourth-order valence-electron chi connectivity index (χ4n) is 2.61. The standard InChI is InChI=1S/C13H24N4/c1-4-17-12(7-9(2)16-17)8-13(15-14)10(3)11-5-6-11/h7,10-11,13,15H,4-6,8,14H2,1-3H3. The molecule has 96 valence electrons. The van der Waals surface area contributed by atoms with Crippen molar-refractivity contribution in [1.29, 1.82) is 0 Å². The Morgan fingerprint density at radius 2 is 2.29 bits per heavy atom. The molecule has 3 N–H and O–H groups in total. The third-order valence-electron chi connectivity index (χ3n) is 3.93. The van der Waals surface area contributed by atoms with Gasteiger partial charge in [-0.25, -0.2) is 0 Å². The lowest BCUT2D eigenvalue weighted by atomic mass is 9.93. The Morgan fingerprint density at radius 1 is 1.59 bits per heavy atom. The van der Waals surface area contributed by atoms with Crippen molar-refractivity contribution in [3.8, 4) is 0 Å². The van der Waals surface area contributed by atoms with Crippen molar-refractivity contribution in [1.82, 2.24) is 15.2 Å². The summed E-state index contributed by atoms with van der Waals surface area (Å²) in [5.74, 6) is 7.23. The predicted molar refractivity (Wildman–Crippen MR) is 69.3 cm³/mol. The molecule has 1 aromatic rings. The lowest BCUT2D eigenvalue weighted by molar-refractivity contribution is 0.337. The molecule has 2 atom stereocenters. The van der Waals surface area contributed by atoms with Crippen molar-refractivity contribution < 1.29 is 0 Å². The number of nitrogens with one attached hydrogen (secondary N) is 1. The molecule has 0 aliphatic heterocycles. The quantitative estimate of drug-likeness (QED) is 0.583. The molecule has 2 unspecified atom stereocenters. The molecular formula is C13H24N4. The summed E-state index contributed by atoms with van der Waals surface area (Å²) in [6.07, 6.45) is 3.71. The molecule has 4 heteroatoms. The van der Waals surface area contributed by atoms with Crippen LogP contribution in [0.15, 0.2) is 6.07 Å². The number of hydrazine groups is 1. The van der Waals surface area contributed by atoms with E-state index in [9.17, 15) is 0 Å². The number of nitrogens with zero attached hydrogens (tertiary/aromatic N) is 2.